The minimum absolute atomic E-state index is 0.497. The molecule has 2 aromatic rings. The SMILES string of the molecule is CC(C)(O)C(C)(C)O[B]c1cc(C#N)cc(-c2ccc(CN)cc2)c1. The Hall–Kier alpha value is -2.13. The Labute approximate surface area is 150 Å². The zero-order chi connectivity index (χ0) is 18.7. The van der Waals surface area contributed by atoms with Gasteiger partial charge in [0.15, 0.2) is 0 Å². The van der Waals surface area contributed by atoms with Gasteiger partial charge in [-0.05, 0) is 56.5 Å². The number of hydrogen-bond acceptors (Lipinski definition) is 4. The molecule has 0 aliphatic heterocycles. The summed E-state index contributed by atoms with van der Waals surface area (Å²) in [5.41, 5.74) is 8.19. The third kappa shape index (κ3) is 4.70. The molecule has 2 rings (SSSR count). The molecule has 2 aromatic carbocycles. The number of nitrogens with zero attached hydrogens (tertiary/aromatic N) is 1. The Morgan fingerprint density at radius 3 is 2.24 bits per heavy atom. The quantitative estimate of drug-likeness (QED) is 0.795. The van der Waals surface area contributed by atoms with Crippen LogP contribution in [0, 0.1) is 11.3 Å². The molecule has 0 fully saturated rings. The average molecular weight is 335 g/mol. The Balaban J connectivity index is 2.29. The number of nitriles is 1. The van der Waals surface area contributed by atoms with E-state index in [0.717, 1.165) is 22.2 Å². The summed E-state index contributed by atoms with van der Waals surface area (Å²) in [6.07, 6.45) is 0. The molecule has 0 heterocycles. The summed E-state index contributed by atoms with van der Waals surface area (Å²) in [7, 11) is 1.59. The van der Waals surface area contributed by atoms with E-state index in [1.807, 2.05) is 50.2 Å². The van der Waals surface area contributed by atoms with Gasteiger partial charge in [-0.2, -0.15) is 5.26 Å². The van der Waals surface area contributed by atoms with Gasteiger partial charge in [-0.1, -0.05) is 35.8 Å². The van der Waals surface area contributed by atoms with Gasteiger partial charge in [0.05, 0.1) is 22.8 Å². The lowest BCUT2D eigenvalue weighted by atomic mass is 9.81. The largest absolute Gasteiger partial charge is 0.427 e. The van der Waals surface area contributed by atoms with Crippen molar-refractivity contribution in [1.29, 1.82) is 5.26 Å². The molecule has 0 unspecified atom stereocenters. The summed E-state index contributed by atoms with van der Waals surface area (Å²) in [6.45, 7) is 7.56. The van der Waals surface area contributed by atoms with Crippen molar-refractivity contribution in [2.45, 2.75) is 45.4 Å². The summed E-state index contributed by atoms with van der Waals surface area (Å²) >= 11 is 0. The first-order chi connectivity index (χ1) is 11.7. The van der Waals surface area contributed by atoms with E-state index in [1.54, 1.807) is 27.4 Å². The van der Waals surface area contributed by atoms with Crippen LogP contribution in [0.1, 0.15) is 38.8 Å². The van der Waals surface area contributed by atoms with E-state index in [2.05, 4.69) is 6.07 Å². The third-order valence-electron chi connectivity index (χ3n) is 4.57. The van der Waals surface area contributed by atoms with Crippen molar-refractivity contribution in [3.63, 3.8) is 0 Å². The zero-order valence-corrected chi connectivity index (χ0v) is 15.2. The predicted molar refractivity (Wildman–Crippen MR) is 101 cm³/mol. The number of hydrogen-bond donors (Lipinski definition) is 2. The number of benzene rings is 2. The van der Waals surface area contributed by atoms with Gasteiger partial charge in [-0.25, -0.2) is 0 Å². The fourth-order valence-electron chi connectivity index (χ4n) is 2.14. The van der Waals surface area contributed by atoms with E-state index in [9.17, 15) is 10.4 Å². The monoisotopic (exact) mass is 335 g/mol. The number of aliphatic hydroxyl groups is 1. The van der Waals surface area contributed by atoms with Crippen LogP contribution in [-0.4, -0.2) is 23.8 Å². The van der Waals surface area contributed by atoms with Crippen molar-refractivity contribution in [3.8, 4) is 17.2 Å². The molecule has 0 spiro atoms. The molecule has 1 radical (unpaired) electrons. The fourth-order valence-corrected chi connectivity index (χ4v) is 2.14. The van der Waals surface area contributed by atoms with Crippen molar-refractivity contribution >= 4 is 12.9 Å². The van der Waals surface area contributed by atoms with E-state index in [0.29, 0.717) is 12.1 Å². The second kappa shape index (κ2) is 7.41. The lowest BCUT2D eigenvalue weighted by molar-refractivity contribution is -0.0893. The van der Waals surface area contributed by atoms with Gasteiger partial charge in [0, 0.05) is 6.54 Å². The molecule has 0 amide bonds. The second-order valence-corrected chi connectivity index (χ2v) is 7.16. The van der Waals surface area contributed by atoms with E-state index in [1.165, 1.54) is 0 Å². The van der Waals surface area contributed by atoms with Crippen LogP contribution >= 0.6 is 0 Å². The summed E-state index contributed by atoms with van der Waals surface area (Å²) in [5, 5.41) is 19.5. The Morgan fingerprint density at radius 2 is 1.72 bits per heavy atom. The number of nitrogens with two attached hydrogens (primary N) is 1. The van der Waals surface area contributed by atoms with Crippen molar-refractivity contribution in [2.24, 2.45) is 5.73 Å². The minimum atomic E-state index is -1.00. The molecular weight excluding hydrogens is 311 g/mol. The summed E-state index contributed by atoms with van der Waals surface area (Å²) in [6, 6.07) is 15.7. The Kier molecular flexibility index (Phi) is 5.69. The van der Waals surface area contributed by atoms with Gasteiger partial charge in [0.1, 0.15) is 0 Å². The number of rotatable bonds is 6. The molecule has 0 saturated heterocycles. The Bertz CT molecular complexity index is 772. The first-order valence-corrected chi connectivity index (χ1v) is 8.24. The summed E-state index contributed by atoms with van der Waals surface area (Å²) < 4.78 is 5.81. The highest BCUT2D eigenvalue weighted by atomic mass is 16.5. The van der Waals surface area contributed by atoms with E-state index in [-0.39, 0.29) is 0 Å². The van der Waals surface area contributed by atoms with Gasteiger partial charge < -0.3 is 15.5 Å². The molecule has 4 nitrogen and oxygen atoms in total. The normalized spacial score (nSPS) is 11.9. The summed E-state index contributed by atoms with van der Waals surface area (Å²) in [4.78, 5) is 0. The van der Waals surface area contributed by atoms with E-state index < -0.39 is 11.2 Å². The molecule has 5 heteroatoms. The lowest BCUT2D eigenvalue weighted by Crippen LogP contribution is -2.49. The minimum Gasteiger partial charge on any atom is -0.427 e. The van der Waals surface area contributed by atoms with Crippen molar-refractivity contribution < 1.29 is 9.76 Å². The van der Waals surface area contributed by atoms with Gasteiger partial charge in [0.25, 0.3) is 0 Å². The molecule has 3 N–H and O–H groups in total. The summed E-state index contributed by atoms with van der Waals surface area (Å²) in [5.74, 6) is 0. The average Bonchev–Trinajstić information content (AvgIpc) is 2.59. The lowest BCUT2D eigenvalue weighted by Gasteiger charge is -2.37. The third-order valence-corrected chi connectivity index (χ3v) is 4.57. The molecule has 0 aliphatic carbocycles. The van der Waals surface area contributed by atoms with Crippen LogP contribution in [0.5, 0.6) is 0 Å². The standard InChI is InChI=1S/C20H24BN2O2/c1-19(2,24)20(3,4)25-21-18-10-15(13-23)9-17(11-18)16-7-5-14(12-22)6-8-16/h5-11,24H,12,22H2,1-4H3. The van der Waals surface area contributed by atoms with Crippen molar-refractivity contribution in [2.75, 3.05) is 0 Å². The van der Waals surface area contributed by atoms with E-state index >= 15 is 0 Å². The molecule has 0 saturated carbocycles. The maximum Gasteiger partial charge on any atom is 0.330 e. The molecule has 0 bridgehead atoms. The highest BCUT2D eigenvalue weighted by Crippen LogP contribution is 2.25. The van der Waals surface area contributed by atoms with Gasteiger partial charge in [-0.3, -0.25) is 0 Å². The molecule has 0 aliphatic rings. The van der Waals surface area contributed by atoms with Gasteiger partial charge in [0.2, 0.25) is 0 Å². The van der Waals surface area contributed by atoms with Crippen molar-refractivity contribution in [3.05, 3.63) is 53.6 Å². The van der Waals surface area contributed by atoms with Gasteiger partial charge >= 0.3 is 7.48 Å². The molecule has 25 heavy (non-hydrogen) atoms. The van der Waals surface area contributed by atoms with Crippen molar-refractivity contribution in [1.82, 2.24) is 0 Å². The molecular formula is C20H24BN2O2. The van der Waals surface area contributed by atoms with Crippen LogP contribution in [0.2, 0.25) is 0 Å². The predicted octanol–water partition coefficient (Wildman–Crippen LogP) is 2.49. The fraction of sp³-hybridized carbons (Fsp3) is 0.350. The highest BCUT2D eigenvalue weighted by Gasteiger charge is 2.35. The first-order valence-electron chi connectivity index (χ1n) is 8.24. The topological polar surface area (TPSA) is 79.3 Å². The zero-order valence-electron chi connectivity index (χ0n) is 15.2. The molecule has 0 atom stereocenters. The first kappa shape index (κ1) is 19.2. The van der Waals surface area contributed by atoms with Crippen LogP contribution < -0.4 is 11.2 Å². The van der Waals surface area contributed by atoms with Gasteiger partial charge in [-0.15, -0.1) is 0 Å². The van der Waals surface area contributed by atoms with E-state index in [4.69, 9.17) is 10.4 Å². The van der Waals surface area contributed by atoms with Crippen LogP contribution in [-0.2, 0) is 11.2 Å². The maximum atomic E-state index is 10.2. The second-order valence-electron chi connectivity index (χ2n) is 7.16. The maximum absolute atomic E-state index is 10.2. The highest BCUT2D eigenvalue weighted by molar-refractivity contribution is 6.47. The van der Waals surface area contributed by atoms with Crippen LogP contribution in [0.25, 0.3) is 11.1 Å². The Morgan fingerprint density at radius 1 is 1.08 bits per heavy atom. The molecule has 0 aromatic heterocycles. The van der Waals surface area contributed by atoms with Crippen LogP contribution in [0.4, 0.5) is 0 Å². The van der Waals surface area contributed by atoms with Crippen LogP contribution in [0.15, 0.2) is 42.5 Å². The molecule has 129 valence electrons. The smallest absolute Gasteiger partial charge is 0.330 e. The van der Waals surface area contributed by atoms with Crippen LogP contribution in [0.3, 0.4) is 0 Å².